The molecule has 0 aliphatic carbocycles. The molecule has 0 aliphatic rings. The number of benzene rings is 1. The standard InChI is InChI=1S/C15H14N4O4S/c1-9-16-12(23-18-9)8-24-15-17-11-6-4-3-5-10(11)14(21)19(15)7-13(20)22-2/h3-6H,7-8H2,1-2H3. The van der Waals surface area contributed by atoms with Gasteiger partial charge in [0.2, 0.25) is 5.89 Å². The molecule has 0 N–H and O–H groups in total. The van der Waals surface area contributed by atoms with Crippen LogP contribution in [0.2, 0.25) is 0 Å². The lowest BCUT2D eigenvalue weighted by Gasteiger charge is -2.11. The molecule has 3 aromatic rings. The lowest BCUT2D eigenvalue weighted by atomic mass is 10.2. The monoisotopic (exact) mass is 346 g/mol. The van der Waals surface area contributed by atoms with Crippen molar-refractivity contribution in [1.82, 2.24) is 19.7 Å². The van der Waals surface area contributed by atoms with Gasteiger partial charge in [-0.25, -0.2) is 4.98 Å². The summed E-state index contributed by atoms with van der Waals surface area (Å²) in [7, 11) is 1.27. The first-order valence-electron chi connectivity index (χ1n) is 7.07. The third kappa shape index (κ3) is 3.30. The number of fused-ring (bicyclic) bond motifs is 1. The normalized spacial score (nSPS) is 10.9. The first kappa shape index (κ1) is 16.2. The Morgan fingerprint density at radius 3 is 2.83 bits per heavy atom. The number of aryl methyl sites for hydroxylation is 1. The van der Waals surface area contributed by atoms with E-state index in [4.69, 9.17) is 4.52 Å². The van der Waals surface area contributed by atoms with E-state index in [0.717, 1.165) is 0 Å². The Kier molecular flexibility index (Phi) is 4.61. The highest BCUT2D eigenvalue weighted by Gasteiger charge is 2.15. The maximum Gasteiger partial charge on any atom is 0.325 e. The second kappa shape index (κ2) is 6.83. The summed E-state index contributed by atoms with van der Waals surface area (Å²) in [6, 6.07) is 6.98. The highest BCUT2D eigenvalue weighted by atomic mass is 32.2. The molecule has 0 spiro atoms. The van der Waals surface area contributed by atoms with Gasteiger partial charge in [0.15, 0.2) is 11.0 Å². The number of esters is 1. The highest BCUT2D eigenvalue weighted by Crippen LogP contribution is 2.21. The Labute approximate surface area is 140 Å². The van der Waals surface area contributed by atoms with Crippen LogP contribution in [0, 0.1) is 6.92 Å². The Bertz CT molecular complexity index is 950. The van der Waals surface area contributed by atoms with Crippen LogP contribution in [0.5, 0.6) is 0 Å². The highest BCUT2D eigenvalue weighted by molar-refractivity contribution is 7.98. The Hall–Kier alpha value is -2.68. The molecule has 24 heavy (non-hydrogen) atoms. The van der Waals surface area contributed by atoms with Gasteiger partial charge in [-0.3, -0.25) is 14.2 Å². The van der Waals surface area contributed by atoms with Gasteiger partial charge in [0.25, 0.3) is 5.56 Å². The average molecular weight is 346 g/mol. The van der Waals surface area contributed by atoms with E-state index in [1.165, 1.54) is 23.4 Å². The Balaban J connectivity index is 2.01. The maximum absolute atomic E-state index is 12.7. The second-order valence-corrected chi connectivity index (χ2v) is 5.85. The molecule has 0 atom stereocenters. The minimum Gasteiger partial charge on any atom is -0.468 e. The van der Waals surface area contributed by atoms with Gasteiger partial charge < -0.3 is 9.26 Å². The molecule has 0 fully saturated rings. The van der Waals surface area contributed by atoms with E-state index >= 15 is 0 Å². The van der Waals surface area contributed by atoms with Crippen LogP contribution >= 0.6 is 11.8 Å². The van der Waals surface area contributed by atoms with E-state index < -0.39 is 5.97 Å². The molecule has 1 aromatic carbocycles. The summed E-state index contributed by atoms with van der Waals surface area (Å²) >= 11 is 1.24. The van der Waals surface area contributed by atoms with Crippen molar-refractivity contribution in [2.24, 2.45) is 0 Å². The molecule has 2 aromatic heterocycles. The zero-order chi connectivity index (χ0) is 17.1. The van der Waals surface area contributed by atoms with E-state index in [9.17, 15) is 9.59 Å². The quantitative estimate of drug-likeness (QED) is 0.390. The fraction of sp³-hybridized carbons (Fsp3) is 0.267. The van der Waals surface area contributed by atoms with Crippen molar-refractivity contribution >= 4 is 28.6 Å². The van der Waals surface area contributed by atoms with Crippen molar-refractivity contribution in [3.8, 4) is 0 Å². The van der Waals surface area contributed by atoms with Crippen molar-refractivity contribution in [1.29, 1.82) is 0 Å². The number of hydrogen-bond acceptors (Lipinski definition) is 8. The SMILES string of the molecule is COC(=O)Cn1c(SCc2nc(C)no2)nc2ccccc2c1=O. The van der Waals surface area contributed by atoms with E-state index in [0.29, 0.717) is 33.5 Å². The molecule has 3 rings (SSSR count). The molecule has 124 valence electrons. The number of carbonyl (C=O) groups is 1. The number of carbonyl (C=O) groups excluding carboxylic acids is 1. The zero-order valence-electron chi connectivity index (χ0n) is 13.1. The number of hydrogen-bond donors (Lipinski definition) is 0. The van der Waals surface area contributed by atoms with Gasteiger partial charge in [-0.05, 0) is 19.1 Å². The summed E-state index contributed by atoms with van der Waals surface area (Å²) < 4.78 is 11.0. The fourth-order valence-corrected chi connectivity index (χ4v) is 2.95. The molecule has 0 bridgehead atoms. The van der Waals surface area contributed by atoms with Crippen molar-refractivity contribution in [3.63, 3.8) is 0 Å². The first-order valence-corrected chi connectivity index (χ1v) is 8.05. The van der Waals surface area contributed by atoms with Crippen molar-refractivity contribution in [2.75, 3.05) is 7.11 Å². The molecule has 9 heteroatoms. The fourth-order valence-electron chi connectivity index (χ4n) is 2.12. The molecule has 0 saturated heterocycles. The van der Waals surface area contributed by atoms with E-state index in [2.05, 4.69) is 19.9 Å². The maximum atomic E-state index is 12.7. The van der Waals surface area contributed by atoms with Crippen LogP contribution in [0.3, 0.4) is 0 Å². The molecule has 0 saturated carbocycles. The van der Waals surface area contributed by atoms with E-state index in [1.54, 1.807) is 31.2 Å². The minimum atomic E-state index is -0.523. The van der Waals surface area contributed by atoms with Gasteiger partial charge in [0, 0.05) is 0 Å². The van der Waals surface area contributed by atoms with Gasteiger partial charge in [-0.15, -0.1) is 0 Å². The molecule has 8 nitrogen and oxygen atoms in total. The van der Waals surface area contributed by atoms with Crippen LogP contribution in [0.1, 0.15) is 11.7 Å². The molecular formula is C15H14N4O4S. The smallest absolute Gasteiger partial charge is 0.325 e. The summed E-state index contributed by atoms with van der Waals surface area (Å²) in [6.45, 7) is 1.51. The number of methoxy groups -OCH3 is 1. The third-order valence-electron chi connectivity index (χ3n) is 3.24. The summed E-state index contributed by atoms with van der Waals surface area (Å²) in [6.07, 6.45) is 0. The number of ether oxygens (including phenoxy) is 1. The van der Waals surface area contributed by atoms with Gasteiger partial charge >= 0.3 is 5.97 Å². The number of thioether (sulfide) groups is 1. The summed E-state index contributed by atoms with van der Waals surface area (Å²) in [5.41, 5.74) is 0.267. The van der Waals surface area contributed by atoms with Crippen LogP contribution in [0.25, 0.3) is 10.9 Å². The Morgan fingerprint density at radius 1 is 1.33 bits per heavy atom. The van der Waals surface area contributed by atoms with Crippen LogP contribution in [-0.4, -0.2) is 32.8 Å². The van der Waals surface area contributed by atoms with E-state index in [1.807, 2.05) is 0 Å². The molecule has 0 unspecified atom stereocenters. The first-order chi connectivity index (χ1) is 11.6. The van der Waals surface area contributed by atoms with Gasteiger partial charge in [-0.2, -0.15) is 4.98 Å². The second-order valence-electron chi connectivity index (χ2n) is 4.90. The third-order valence-corrected chi connectivity index (χ3v) is 4.20. The minimum absolute atomic E-state index is 0.210. The van der Waals surface area contributed by atoms with Crippen molar-refractivity contribution in [3.05, 3.63) is 46.3 Å². The predicted octanol–water partition coefficient (Wildman–Crippen LogP) is 1.55. The number of rotatable bonds is 5. The van der Waals surface area contributed by atoms with Crippen molar-refractivity contribution < 1.29 is 14.1 Å². The molecule has 0 aliphatic heterocycles. The average Bonchev–Trinajstić information content (AvgIpc) is 3.01. The van der Waals surface area contributed by atoms with Crippen LogP contribution in [0.4, 0.5) is 0 Å². The van der Waals surface area contributed by atoms with Gasteiger partial charge in [-0.1, -0.05) is 29.1 Å². The van der Waals surface area contributed by atoms with Crippen LogP contribution in [0.15, 0.2) is 38.7 Å². The number of nitrogens with zero attached hydrogens (tertiary/aromatic N) is 4. The lowest BCUT2D eigenvalue weighted by molar-refractivity contribution is -0.141. The summed E-state index contributed by atoms with van der Waals surface area (Å²) in [4.78, 5) is 32.9. The van der Waals surface area contributed by atoms with Gasteiger partial charge in [0.1, 0.15) is 6.54 Å². The topological polar surface area (TPSA) is 100 Å². The molecular weight excluding hydrogens is 332 g/mol. The largest absolute Gasteiger partial charge is 0.468 e. The van der Waals surface area contributed by atoms with Crippen LogP contribution < -0.4 is 5.56 Å². The number of para-hydroxylation sites is 1. The molecule has 0 radical (unpaired) electrons. The molecule has 0 amide bonds. The summed E-state index contributed by atoms with van der Waals surface area (Å²) in [5, 5.41) is 4.55. The molecule has 2 heterocycles. The van der Waals surface area contributed by atoms with E-state index in [-0.39, 0.29) is 12.1 Å². The lowest BCUT2D eigenvalue weighted by Crippen LogP contribution is -2.27. The number of aromatic nitrogens is 4. The Morgan fingerprint density at radius 2 is 2.12 bits per heavy atom. The summed E-state index contributed by atoms with van der Waals surface area (Å²) in [5.74, 6) is 0.769. The zero-order valence-corrected chi connectivity index (χ0v) is 13.9. The van der Waals surface area contributed by atoms with Crippen molar-refractivity contribution in [2.45, 2.75) is 24.4 Å². The predicted molar refractivity (Wildman–Crippen MR) is 86.6 cm³/mol. The van der Waals surface area contributed by atoms with Crippen LogP contribution in [-0.2, 0) is 21.8 Å². The van der Waals surface area contributed by atoms with Gasteiger partial charge in [0.05, 0.1) is 23.8 Å².